The van der Waals surface area contributed by atoms with Crippen LogP contribution in [0.5, 0.6) is 0 Å². The summed E-state index contributed by atoms with van der Waals surface area (Å²) in [5.41, 5.74) is 0.838. The molecule has 7 heteroatoms. The highest BCUT2D eigenvalue weighted by Crippen LogP contribution is 2.26. The fraction of sp³-hybridized carbons (Fsp3) is 0.300. The molecule has 0 saturated heterocycles. The van der Waals surface area contributed by atoms with Crippen molar-refractivity contribution in [2.24, 2.45) is 0 Å². The van der Waals surface area contributed by atoms with E-state index in [1.54, 1.807) is 6.08 Å². The first-order chi connectivity index (χ1) is 12.9. The van der Waals surface area contributed by atoms with Crippen molar-refractivity contribution in [1.29, 1.82) is 0 Å². The second kappa shape index (κ2) is 9.43. The second-order valence-corrected chi connectivity index (χ2v) is 8.01. The standard InChI is InChI=1S/C20H24N2O4S/c1-3-5-11-20(19(4-2)16-9-7-6-8-10-16)21-27(25,26)18-14-12-17(13-15-18)22(23)24/h4,6-10,12-15,19-21H,2-3,5,11H2,1H3. The predicted octanol–water partition coefficient (Wildman–Crippen LogP) is 4.40. The van der Waals surface area contributed by atoms with Crippen molar-refractivity contribution in [3.05, 3.63) is 82.9 Å². The first kappa shape index (κ1) is 20.8. The number of rotatable bonds is 10. The molecule has 6 nitrogen and oxygen atoms in total. The van der Waals surface area contributed by atoms with Gasteiger partial charge in [0.05, 0.1) is 9.82 Å². The van der Waals surface area contributed by atoms with Crippen LogP contribution in [0, 0.1) is 10.1 Å². The van der Waals surface area contributed by atoms with Crippen molar-refractivity contribution in [3.63, 3.8) is 0 Å². The quantitative estimate of drug-likeness (QED) is 0.371. The number of unbranched alkanes of at least 4 members (excludes halogenated alkanes) is 1. The van der Waals surface area contributed by atoms with Gasteiger partial charge in [0.1, 0.15) is 0 Å². The molecule has 0 aliphatic rings. The summed E-state index contributed by atoms with van der Waals surface area (Å²) < 4.78 is 28.4. The minimum Gasteiger partial charge on any atom is -0.258 e. The second-order valence-electron chi connectivity index (χ2n) is 6.29. The molecule has 0 aliphatic carbocycles. The van der Waals surface area contributed by atoms with Crippen molar-refractivity contribution in [2.75, 3.05) is 0 Å². The topological polar surface area (TPSA) is 89.3 Å². The first-order valence-electron chi connectivity index (χ1n) is 8.83. The fourth-order valence-corrected chi connectivity index (χ4v) is 4.25. The lowest BCUT2D eigenvalue weighted by molar-refractivity contribution is -0.384. The Bertz CT molecular complexity index is 865. The number of benzene rings is 2. The Morgan fingerprint density at radius 1 is 1.15 bits per heavy atom. The third kappa shape index (κ3) is 5.48. The molecule has 1 N–H and O–H groups in total. The Kier molecular flexibility index (Phi) is 7.27. The molecular formula is C20H24N2O4S. The Labute approximate surface area is 160 Å². The van der Waals surface area contributed by atoms with Crippen LogP contribution >= 0.6 is 0 Å². The van der Waals surface area contributed by atoms with Gasteiger partial charge >= 0.3 is 0 Å². The van der Waals surface area contributed by atoms with Gasteiger partial charge in [-0.1, -0.05) is 56.2 Å². The van der Waals surface area contributed by atoms with E-state index in [0.717, 1.165) is 18.4 Å². The molecule has 0 bridgehead atoms. The molecule has 2 rings (SSSR count). The van der Waals surface area contributed by atoms with Gasteiger partial charge in [0.25, 0.3) is 5.69 Å². The van der Waals surface area contributed by atoms with Gasteiger partial charge in [-0.25, -0.2) is 13.1 Å². The van der Waals surface area contributed by atoms with Crippen molar-refractivity contribution >= 4 is 15.7 Å². The van der Waals surface area contributed by atoms with E-state index in [2.05, 4.69) is 11.3 Å². The zero-order chi connectivity index (χ0) is 19.9. The van der Waals surface area contributed by atoms with Crippen molar-refractivity contribution in [3.8, 4) is 0 Å². The van der Waals surface area contributed by atoms with Gasteiger partial charge in [-0.3, -0.25) is 10.1 Å². The Hall–Kier alpha value is -2.51. The molecule has 0 spiro atoms. The number of hydrogen-bond donors (Lipinski definition) is 1. The van der Waals surface area contributed by atoms with Crippen LogP contribution in [0.2, 0.25) is 0 Å². The molecule has 0 amide bonds. The van der Waals surface area contributed by atoms with Crippen LogP contribution < -0.4 is 4.72 Å². The summed E-state index contributed by atoms with van der Waals surface area (Å²) in [5.74, 6) is -0.175. The maximum absolute atomic E-state index is 12.8. The van der Waals surface area contributed by atoms with Gasteiger partial charge in [0, 0.05) is 24.1 Å². The molecule has 0 aliphatic heterocycles. The largest absolute Gasteiger partial charge is 0.269 e. The van der Waals surface area contributed by atoms with Gasteiger partial charge in [0.2, 0.25) is 10.0 Å². The monoisotopic (exact) mass is 388 g/mol. The average Bonchev–Trinajstić information content (AvgIpc) is 2.67. The predicted molar refractivity (Wildman–Crippen MR) is 106 cm³/mol. The molecule has 0 aromatic heterocycles. The molecule has 2 atom stereocenters. The highest BCUT2D eigenvalue weighted by Gasteiger charge is 2.26. The number of nitrogens with zero attached hydrogens (tertiary/aromatic N) is 1. The van der Waals surface area contributed by atoms with E-state index < -0.39 is 14.9 Å². The van der Waals surface area contributed by atoms with Gasteiger partial charge in [-0.2, -0.15) is 0 Å². The third-order valence-electron chi connectivity index (χ3n) is 4.40. The SMILES string of the molecule is C=CC(c1ccccc1)C(CCCC)NS(=O)(=O)c1ccc([N+](=O)[O-])cc1. The van der Waals surface area contributed by atoms with Crippen molar-refractivity contribution in [2.45, 2.75) is 43.0 Å². The van der Waals surface area contributed by atoms with Gasteiger partial charge in [-0.15, -0.1) is 6.58 Å². The molecule has 2 aromatic rings. The minimum atomic E-state index is -3.82. The normalized spacial score (nSPS) is 13.7. The number of nitro benzene ring substituents is 1. The summed E-state index contributed by atoms with van der Waals surface area (Å²) in [6, 6.07) is 14.2. The van der Waals surface area contributed by atoms with E-state index in [9.17, 15) is 18.5 Å². The van der Waals surface area contributed by atoms with Crippen molar-refractivity contribution in [1.82, 2.24) is 4.72 Å². The molecule has 0 radical (unpaired) electrons. The smallest absolute Gasteiger partial charge is 0.258 e. The van der Waals surface area contributed by atoms with Crippen LogP contribution in [0.25, 0.3) is 0 Å². The maximum atomic E-state index is 12.8. The molecule has 0 fully saturated rings. The Morgan fingerprint density at radius 3 is 2.30 bits per heavy atom. The van der Waals surface area contributed by atoms with E-state index in [1.165, 1.54) is 24.3 Å². The maximum Gasteiger partial charge on any atom is 0.269 e. The van der Waals surface area contributed by atoms with Gasteiger partial charge in [-0.05, 0) is 24.1 Å². The lowest BCUT2D eigenvalue weighted by Crippen LogP contribution is -2.38. The summed E-state index contributed by atoms with van der Waals surface area (Å²) in [7, 11) is -3.82. The van der Waals surface area contributed by atoms with Crippen LogP contribution in [0.15, 0.2) is 72.1 Å². The van der Waals surface area contributed by atoms with Crippen LogP contribution in [0.1, 0.15) is 37.7 Å². The van der Waals surface area contributed by atoms with Crippen molar-refractivity contribution < 1.29 is 13.3 Å². The van der Waals surface area contributed by atoms with Crippen LogP contribution in [0.4, 0.5) is 5.69 Å². The van der Waals surface area contributed by atoms with Crippen LogP contribution in [0.3, 0.4) is 0 Å². The zero-order valence-electron chi connectivity index (χ0n) is 15.2. The van der Waals surface area contributed by atoms with E-state index in [-0.39, 0.29) is 22.5 Å². The molecule has 0 heterocycles. The fourth-order valence-electron chi connectivity index (χ4n) is 2.96. The zero-order valence-corrected chi connectivity index (χ0v) is 16.1. The molecule has 2 aromatic carbocycles. The summed E-state index contributed by atoms with van der Waals surface area (Å²) in [5, 5.41) is 10.8. The number of nitrogens with one attached hydrogen (secondary N) is 1. The van der Waals surface area contributed by atoms with E-state index in [0.29, 0.717) is 6.42 Å². The Balaban J connectivity index is 2.30. The minimum absolute atomic E-state index is 0.00507. The molecule has 27 heavy (non-hydrogen) atoms. The number of sulfonamides is 1. The summed E-state index contributed by atoms with van der Waals surface area (Å²) >= 11 is 0. The van der Waals surface area contributed by atoms with Gasteiger partial charge < -0.3 is 0 Å². The highest BCUT2D eigenvalue weighted by atomic mass is 32.2. The Morgan fingerprint density at radius 2 is 1.78 bits per heavy atom. The summed E-state index contributed by atoms with van der Waals surface area (Å²) in [6.07, 6.45) is 4.22. The van der Waals surface area contributed by atoms with Gasteiger partial charge in [0.15, 0.2) is 0 Å². The average molecular weight is 388 g/mol. The summed E-state index contributed by atoms with van der Waals surface area (Å²) in [4.78, 5) is 10.2. The molecule has 2 unspecified atom stereocenters. The number of non-ortho nitro benzene ring substituents is 1. The number of hydrogen-bond acceptors (Lipinski definition) is 4. The summed E-state index contributed by atoms with van der Waals surface area (Å²) in [6.45, 7) is 5.94. The molecule has 0 saturated carbocycles. The molecule has 144 valence electrons. The van der Waals surface area contributed by atoms with Crippen LogP contribution in [-0.4, -0.2) is 19.4 Å². The lowest BCUT2D eigenvalue weighted by Gasteiger charge is -2.26. The first-order valence-corrected chi connectivity index (χ1v) is 10.3. The lowest BCUT2D eigenvalue weighted by atomic mass is 9.89. The third-order valence-corrected chi connectivity index (χ3v) is 5.91. The van der Waals surface area contributed by atoms with E-state index >= 15 is 0 Å². The molecular weight excluding hydrogens is 364 g/mol. The van der Waals surface area contributed by atoms with E-state index in [1.807, 2.05) is 37.3 Å². The van der Waals surface area contributed by atoms with Crippen LogP contribution in [-0.2, 0) is 10.0 Å². The highest BCUT2D eigenvalue weighted by molar-refractivity contribution is 7.89. The van der Waals surface area contributed by atoms with E-state index in [4.69, 9.17) is 0 Å². The number of nitro groups is 1.